The molecule has 2 aliphatic heterocycles. The number of ether oxygens (including phenoxy) is 1. The Morgan fingerprint density at radius 3 is 2.26 bits per heavy atom. The van der Waals surface area contributed by atoms with Crippen molar-refractivity contribution in [3.8, 4) is 0 Å². The van der Waals surface area contributed by atoms with E-state index in [0.29, 0.717) is 32.0 Å². The number of rotatable bonds is 4. The number of anilines is 1. The van der Waals surface area contributed by atoms with E-state index in [1.807, 2.05) is 0 Å². The number of sulfonamides is 1. The second-order valence-corrected chi connectivity index (χ2v) is 10.3. The number of hydrogen-bond donors (Lipinski definition) is 0. The van der Waals surface area contributed by atoms with E-state index < -0.39 is 27.7 Å². The lowest BCUT2D eigenvalue weighted by Crippen LogP contribution is -2.49. The second-order valence-electron chi connectivity index (χ2n) is 7.99. The molecular weight excluding hydrogens is 495 g/mol. The first-order valence-electron chi connectivity index (χ1n) is 10.7. The number of amides is 1. The van der Waals surface area contributed by atoms with E-state index in [9.17, 15) is 26.4 Å². The predicted octanol–water partition coefficient (Wildman–Crippen LogP) is 3.34. The first kappa shape index (κ1) is 24.8. The Balaban J connectivity index is 1.48. The number of benzene rings is 2. The van der Waals surface area contributed by atoms with Crippen LogP contribution in [0.15, 0.2) is 47.4 Å². The van der Waals surface area contributed by atoms with E-state index in [0.717, 1.165) is 12.1 Å². The highest BCUT2D eigenvalue weighted by atomic mass is 35.5. The minimum atomic E-state index is -4.43. The van der Waals surface area contributed by atoms with Gasteiger partial charge >= 0.3 is 6.18 Å². The third kappa shape index (κ3) is 5.17. The van der Waals surface area contributed by atoms with E-state index in [1.165, 1.54) is 33.5 Å². The summed E-state index contributed by atoms with van der Waals surface area (Å²) in [7, 11) is -3.80. The molecule has 0 aliphatic carbocycles. The lowest BCUT2D eigenvalue weighted by Gasteiger charge is -2.36. The quantitative estimate of drug-likeness (QED) is 0.622. The average Bonchev–Trinajstić information content (AvgIpc) is 2.84. The molecule has 12 heteroatoms. The molecule has 2 aliphatic rings. The monoisotopic (exact) mass is 517 g/mol. The van der Waals surface area contributed by atoms with E-state index in [-0.39, 0.29) is 41.7 Å². The highest BCUT2D eigenvalue weighted by molar-refractivity contribution is 7.89. The molecule has 0 unspecified atom stereocenters. The molecule has 0 N–H and O–H groups in total. The van der Waals surface area contributed by atoms with Gasteiger partial charge in [0.2, 0.25) is 10.0 Å². The fourth-order valence-electron chi connectivity index (χ4n) is 3.98. The summed E-state index contributed by atoms with van der Waals surface area (Å²) in [4.78, 5) is 16.4. The van der Waals surface area contributed by atoms with E-state index in [1.54, 1.807) is 11.0 Å². The van der Waals surface area contributed by atoms with Gasteiger partial charge in [-0.15, -0.1) is 0 Å². The van der Waals surface area contributed by atoms with Gasteiger partial charge in [0.05, 0.1) is 34.3 Å². The fraction of sp³-hybridized carbons (Fsp3) is 0.409. The molecule has 0 bridgehead atoms. The minimum absolute atomic E-state index is 0.0234. The van der Waals surface area contributed by atoms with Crippen LogP contribution >= 0.6 is 11.6 Å². The molecule has 184 valence electrons. The maximum absolute atomic E-state index is 13.2. The van der Waals surface area contributed by atoms with E-state index in [2.05, 4.69) is 0 Å². The number of alkyl halides is 3. The van der Waals surface area contributed by atoms with Crippen molar-refractivity contribution >= 4 is 33.2 Å². The standard InChI is InChI=1S/C22H23ClF3N3O4S/c23-20-5-4-18(34(31,32)29-10-12-33-13-11-29)15-19(20)21(30)28-8-6-27(7-9-28)17-3-1-2-16(14-17)22(24,25)26/h1-5,14-15H,6-13H2. The molecule has 0 spiro atoms. The van der Waals surface area contributed by atoms with Crippen LogP contribution in [0.2, 0.25) is 5.02 Å². The van der Waals surface area contributed by atoms with E-state index in [4.69, 9.17) is 16.3 Å². The Labute approximate surface area is 200 Å². The van der Waals surface area contributed by atoms with Crippen molar-refractivity contribution in [2.75, 3.05) is 57.4 Å². The van der Waals surface area contributed by atoms with E-state index >= 15 is 0 Å². The summed E-state index contributed by atoms with van der Waals surface area (Å²) >= 11 is 6.24. The summed E-state index contributed by atoms with van der Waals surface area (Å²) in [5, 5.41) is 0.131. The third-order valence-corrected chi connectivity index (χ3v) is 8.11. The molecule has 1 amide bonds. The summed E-state index contributed by atoms with van der Waals surface area (Å²) in [5.74, 6) is -0.423. The van der Waals surface area contributed by atoms with Gasteiger partial charge in [-0.05, 0) is 36.4 Å². The van der Waals surface area contributed by atoms with Crippen LogP contribution in [-0.4, -0.2) is 76.0 Å². The van der Waals surface area contributed by atoms with Gasteiger partial charge in [0.15, 0.2) is 0 Å². The summed E-state index contributed by atoms with van der Waals surface area (Å²) < 4.78 is 71.5. The Morgan fingerprint density at radius 2 is 1.62 bits per heavy atom. The average molecular weight is 518 g/mol. The summed E-state index contributed by atoms with van der Waals surface area (Å²) in [6, 6.07) is 9.11. The molecule has 2 aromatic carbocycles. The maximum atomic E-state index is 13.2. The Bertz CT molecular complexity index is 1160. The van der Waals surface area contributed by atoms with Gasteiger partial charge in [0, 0.05) is 45.0 Å². The lowest BCUT2D eigenvalue weighted by molar-refractivity contribution is -0.137. The Hall–Kier alpha value is -2.34. The molecular formula is C22H23ClF3N3O4S. The van der Waals surface area contributed by atoms with Crippen LogP contribution < -0.4 is 4.90 Å². The van der Waals surface area contributed by atoms with Crippen LogP contribution in [0.25, 0.3) is 0 Å². The van der Waals surface area contributed by atoms with Crippen molar-refractivity contribution in [2.24, 2.45) is 0 Å². The van der Waals surface area contributed by atoms with Crippen LogP contribution in [0.3, 0.4) is 0 Å². The third-order valence-electron chi connectivity index (χ3n) is 5.88. The first-order valence-corrected chi connectivity index (χ1v) is 12.5. The molecule has 7 nitrogen and oxygen atoms in total. The van der Waals surface area contributed by atoms with Crippen molar-refractivity contribution in [3.05, 3.63) is 58.6 Å². The van der Waals surface area contributed by atoms with Gasteiger partial charge in [0.1, 0.15) is 0 Å². The first-order chi connectivity index (χ1) is 16.1. The molecule has 0 saturated carbocycles. The largest absolute Gasteiger partial charge is 0.416 e. The molecule has 2 heterocycles. The highest BCUT2D eigenvalue weighted by Crippen LogP contribution is 2.32. The molecule has 34 heavy (non-hydrogen) atoms. The molecule has 0 aromatic heterocycles. The zero-order valence-electron chi connectivity index (χ0n) is 18.1. The summed E-state index contributed by atoms with van der Waals surface area (Å²) in [6.45, 7) is 2.23. The Morgan fingerprint density at radius 1 is 0.941 bits per heavy atom. The zero-order chi connectivity index (χ0) is 24.5. The fourth-order valence-corrected chi connectivity index (χ4v) is 5.61. The van der Waals surface area contributed by atoms with Gasteiger partial charge in [-0.1, -0.05) is 17.7 Å². The second kappa shape index (κ2) is 9.73. The molecule has 0 radical (unpaired) electrons. The molecule has 2 aromatic rings. The van der Waals surface area contributed by atoms with Crippen molar-refractivity contribution in [3.63, 3.8) is 0 Å². The topological polar surface area (TPSA) is 70.2 Å². The van der Waals surface area contributed by atoms with Gasteiger partial charge in [-0.3, -0.25) is 4.79 Å². The van der Waals surface area contributed by atoms with Crippen LogP contribution in [0.5, 0.6) is 0 Å². The van der Waals surface area contributed by atoms with Gasteiger partial charge < -0.3 is 14.5 Å². The zero-order valence-corrected chi connectivity index (χ0v) is 19.7. The highest BCUT2D eigenvalue weighted by Gasteiger charge is 2.32. The van der Waals surface area contributed by atoms with Crippen LogP contribution in [0.1, 0.15) is 15.9 Å². The molecule has 0 atom stereocenters. The van der Waals surface area contributed by atoms with Crippen LogP contribution in [0.4, 0.5) is 18.9 Å². The number of nitrogens with zero attached hydrogens (tertiary/aromatic N) is 3. The smallest absolute Gasteiger partial charge is 0.379 e. The van der Waals surface area contributed by atoms with Crippen LogP contribution in [0, 0.1) is 0 Å². The van der Waals surface area contributed by atoms with Gasteiger partial charge in [-0.2, -0.15) is 17.5 Å². The number of carbonyl (C=O) groups is 1. The minimum Gasteiger partial charge on any atom is -0.379 e. The number of hydrogen-bond acceptors (Lipinski definition) is 5. The predicted molar refractivity (Wildman–Crippen MR) is 121 cm³/mol. The molecule has 2 saturated heterocycles. The molecule has 2 fully saturated rings. The van der Waals surface area contributed by atoms with Crippen molar-refractivity contribution < 1.29 is 31.1 Å². The van der Waals surface area contributed by atoms with Gasteiger partial charge in [0.25, 0.3) is 5.91 Å². The van der Waals surface area contributed by atoms with Crippen molar-refractivity contribution in [1.29, 1.82) is 0 Å². The number of carbonyl (C=O) groups excluding carboxylic acids is 1. The number of halogens is 4. The van der Waals surface area contributed by atoms with Crippen molar-refractivity contribution in [1.82, 2.24) is 9.21 Å². The summed E-state index contributed by atoms with van der Waals surface area (Å²) in [5.41, 5.74) is -0.226. The summed E-state index contributed by atoms with van der Waals surface area (Å²) in [6.07, 6.45) is -4.43. The maximum Gasteiger partial charge on any atom is 0.416 e. The lowest BCUT2D eigenvalue weighted by atomic mass is 10.1. The van der Waals surface area contributed by atoms with Crippen molar-refractivity contribution in [2.45, 2.75) is 11.1 Å². The number of piperazine rings is 1. The SMILES string of the molecule is O=C(c1cc(S(=O)(=O)N2CCOCC2)ccc1Cl)N1CCN(c2cccc(C(F)(F)F)c2)CC1. The molecule has 4 rings (SSSR count). The normalized spacial score (nSPS) is 18.2. The van der Waals surface area contributed by atoms with Gasteiger partial charge in [-0.25, -0.2) is 8.42 Å². The van der Waals surface area contributed by atoms with Crippen LogP contribution in [-0.2, 0) is 20.9 Å². The number of morpholine rings is 1. The Kier molecular flexibility index (Phi) is 7.09.